The molecule has 0 atom stereocenters. The summed E-state index contributed by atoms with van der Waals surface area (Å²) in [6.45, 7) is 6.49. The Morgan fingerprint density at radius 1 is 1.04 bits per heavy atom. The van der Waals surface area contributed by atoms with Gasteiger partial charge in [-0.25, -0.2) is 4.39 Å². The minimum atomic E-state index is -0.217. The Labute approximate surface area is 164 Å². The normalized spacial score (nSPS) is 15.0. The third-order valence-electron chi connectivity index (χ3n) is 5.36. The number of allylic oxidation sites excluding steroid dienone is 3. The van der Waals surface area contributed by atoms with Crippen molar-refractivity contribution in [1.82, 2.24) is 20.6 Å². The van der Waals surface area contributed by atoms with E-state index in [1.165, 1.54) is 17.2 Å². The average molecular weight is 374 g/mol. The first-order chi connectivity index (χ1) is 13.5. The Hall–Kier alpha value is -3.08. The van der Waals surface area contributed by atoms with Crippen LogP contribution in [0.2, 0.25) is 0 Å². The number of fused-ring (bicyclic) bond motifs is 1. The van der Waals surface area contributed by atoms with Gasteiger partial charge in [-0.3, -0.25) is 0 Å². The zero-order valence-electron chi connectivity index (χ0n) is 16.3. The molecule has 0 radical (unpaired) electrons. The smallest absolute Gasteiger partial charge is 0.174 e. The Bertz CT molecular complexity index is 1040. The summed E-state index contributed by atoms with van der Waals surface area (Å²) in [6, 6.07) is 13.7. The fourth-order valence-electron chi connectivity index (χ4n) is 3.74. The molecule has 0 fully saturated rings. The van der Waals surface area contributed by atoms with Gasteiger partial charge in [0.25, 0.3) is 0 Å². The topological polar surface area (TPSA) is 54.5 Å². The van der Waals surface area contributed by atoms with Crippen LogP contribution in [0, 0.1) is 5.82 Å². The largest absolute Gasteiger partial charge is 0.207 e. The van der Waals surface area contributed by atoms with E-state index in [1.807, 2.05) is 6.07 Å². The Balaban J connectivity index is 1.71. The van der Waals surface area contributed by atoms with Crippen LogP contribution < -0.4 is 0 Å². The van der Waals surface area contributed by atoms with Crippen molar-refractivity contribution in [2.24, 2.45) is 0 Å². The molecule has 2 aromatic carbocycles. The number of rotatable bonds is 5. The highest BCUT2D eigenvalue weighted by molar-refractivity contribution is 6.05. The van der Waals surface area contributed by atoms with Gasteiger partial charge in [-0.1, -0.05) is 49.4 Å². The summed E-state index contributed by atoms with van der Waals surface area (Å²) in [5.41, 5.74) is 7.98. The van der Waals surface area contributed by atoms with E-state index < -0.39 is 0 Å². The maximum atomic E-state index is 14.0. The molecule has 0 saturated carbocycles. The monoisotopic (exact) mass is 374 g/mol. The first-order valence-corrected chi connectivity index (χ1v) is 9.57. The summed E-state index contributed by atoms with van der Waals surface area (Å²) in [6.07, 6.45) is 3.60. The number of nitrogens with one attached hydrogen (secondary N) is 1. The number of aryl methyl sites for hydroxylation is 1. The van der Waals surface area contributed by atoms with Gasteiger partial charge in [0, 0.05) is 6.42 Å². The van der Waals surface area contributed by atoms with E-state index in [0.717, 1.165) is 34.3 Å². The van der Waals surface area contributed by atoms with Crippen molar-refractivity contribution < 1.29 is 4.39 Å². The van der Waals surface area contributed by atoms with Gasteiger partial charge >= 0.3 is 0 Å². The van der Waals surface area contributed by atoms with Crippen LogP contribution in [0.3, 0.4) is 0 Å². The van der Waals surface area contributed by atoms with Gasteiger partial charge < -0.3 is 0 Å². The van der Waals surface area contributed by atoms with E-state index in [4.69, 9.17) is 0 Å². The van der Waals surface area contributed by atoms with E-state index in [1.54, 1.807) is 6.07 Å². The van der Waals surface area contributed by atoms with Gasteiger partial charge in [0.1, 0.15) is 5.82 Å². The lowest BCUT2D eigenvalue weighted by Crippen LogP contribution is -1.92. The maximum absolute atomic E-state index is 14.0. The van der Waals surface area contributed by atoms with Gasteiger partial charge in [-0.15, -0.1) is 10.2 Å². The molecule has 1 aliphatic rings. The molecule has 5 heteroatoms. The number of aromatic nitrogens is 4. The molecule has 4 nitrogen and oxygen atoms in total. The highest BCUT2D eigenvalue weighted by Crippen LogP contribution is 2.44. The molecule has 0 amide bonds. The van der Waals surface area contributed by atoms with Crippen molar-refractivity contribution >= 4 is 17.2 Å². The molecule has 4 rings (SSSR count). The van der Waals surface area contributed by atoms with E-state index in [0.29, 0.717) is 18.2 Å². The number of aromatic amines is 1. The molecule has 1 aromatic heterocycles. The first kappa shape index (κ1) is 18.3. The molecule has 1 aliphatic carbocycles. The maximum Gasteiger partial charge on any atom is 0.174 e. The highest BCUT2D eigenvalue weighted by Gasteiger charge is 2.24. The number of halogens is 1. The van der Waals surface area contributed by atoms with Crippen LogP contribution in [0.15, 0.2) is 48.0 Å². The Morgan fingerprint density at radius 3 is 2.50 bits per heavy atom. The molecule has 1 N–H and O–H groups in total. The number of benzene rings is 2. The van der Waals surface area contributed by atoms with Crippen LogP contribution in [0.5, 0.6) is 0 Å². The molecular weight excluding hydrogens is 351 g/mol. The molecule has 0 aliphatic heterocycles. The second-order valence-electron chi connectivity index (χ2n) is 7.50. The molecule has 0 saturated heterocycles. The third-order valence-corrected chi connectivity index (χ3v) is 5.36. The summed E-state index contributed by atoms with van der Waals surface area (Å²) in [5.74, 6) is 0.960. The molecule has 1 heterocycles. The summed E-state index contributed by atoms with van der Waals surface area (Å²) in [5, 5.41) is 14.1. The summed E-state index contributed by atoms with van der Waals surface area (Å²) in [4.78, 5) is 0. The third kappa shape index (κ3) is 3.52. The minimum absolute atomic E-state index is 0.217. The number of nitrogens with zero attached hydrogens (tertiary/aromatic N) is 3. The predicted octanol–water partition coefficient (Wildman–Crippen LogP) is 5.42. The molecule has 0 bridgehead atoms. The summed E-state index contributed by atoms with van der Waals surface area (Å²) >= 11 is 0. The highest BCUT2D eigenvalue weighted by atomic mass is 19.1. The van der Waals surface area contributed by atoms with Crippen LogP contribution in [0.25, 0.3) is 17.2 Å². The van der Waals surface area contributed by atoms with Gasteiger partial charge in [-0.05, 0) is 76.4 Å². The number of hydrogen-bond donors (Lipinski definition) is 1. The van der Waals surface area contributed by atoms with Crippen molar-refractivity contribution in [3.63, 3.8) is 0 Å². The molecule has 142 valence electrons. The number of tetrazole rings is 1. The SMILES string of the molecule is CC1=C(CCc2nn[nH]n2)c2cc(F)ccc2C1=Cc1ccc(C(C)C)cc1. The molecule has 3 aromatic rings. The predicted molar refractivity (Wildman–Crippen MR) is 110 cm³/mol. The summed E-state index contributed by atoms with van der Waals surface area (Å²) < 4.78 is 14.0. The lowest BCUT2D eigenvalue weighted by Gasteiger charge is -2.07. The van der Waals surface area contributed by atoms with Gasteiger partial charge in [0.15, 0.2) is 5.82 Å². The quantitative estimate of drug-likeness (QED) is 0.648. The second-order valence-corrected chi connectivity index (χ2v) is 7.50. The van der Waals surface area contributed by atoms with Crippen LogP contribution in [0.1, 0.15) is 61.2 Å². The fraction of sp³-hybridized carbons (Fsp3) is 0.261. The Kier molecular flexibility index (Phi) is 4.90. The average Bonchev–Trinajstić information content (AvgIpc) is 3.28. The van der Waals surface area contributed by atoms with Crippen molar-refractivity contribution in [1.29, 1.82) is 0 Å². The van der Waals surface area contributed by atoms with E-state index in [2.05, 4.69) is 71.7 Å². The van der Waals surface area contributed by atoms with Crippen molar-refractivity contribution in [3.05, 3.63) is 81.9 Å². The van der Waals surface area contributed by atoms with Gasteiger partial charge in [0.2, 0.25) is 0 Å². The first-order valence-electron chi connectivity index (χ1n) is 9.57. The zero-order valence-corrected chi connectivity index (χ0v) is 16.3. The molecular formula is C23H23FN4. The van der Waals surface area contributed by atoms with E-state index in [9.17, 15) is 4.39 Å². The lowest BCUT2D eigenvalue weighted by molar-refractivity contribution is 0.627. The van der Waals surface area contributed by atoms with Gasteiger partial charge in [-0.2, -0.15) is 5.21 Å². The van der Waals surface area contributed by atoms with Crippen LogP contribution in [-0.4, -0.2) is 20.6 Å². The van der Waals surface area contributed by atoms with Crippen molar-refractivity contribution in [2.75, 3.05) is 0 Å². The number of H-pyrrole nitrogens is 1. The fourth-order valence-corrected chi connectivity index (χ4v) is 3.74. The van der Waals surface area contributed by atoms with Crippen molar-refractivity contribution in [2.45, 2.75) is 39.5 Å². The summed E-state index contributed by atoms with van der Waals surface area (Å²) in [7, 11) is 0. The zero-order chi connectivity index (χ0) is 19.7. The number of hydrogen-bond acceptors (Lipinski definition) is 3. The lowest BCUT2D eigenvalue weighted by atomic mass is 9.98. The molecule has 0 spiro atoms. The van der Waals surface area contributed by atoms with Crippen molar-refractivity contribution in [3.8, 4) is 0 Å². The van der Waals surface area contributed by atoms with Gasteiger partial charge in [0.05, 0.1) is 0 Å². The second kappa shape index (κ2) is 7.50. The minimum Gasteiger partial charge on any atom is -0.207 e. The van der Waals surface area contributed by atoms with E-state index in [-0.39, 0.29) is 5.82 Å². The molecule has 28 heavy (non-hydrogen) atoms. The van der Waals surface area contributed by atoms with E-state index >= 15 is 0 Å². The standard InChI is InChI=1S/C23H23FN4/c1-14(2)17-6-4-16(5-7-17)12-21-15(3)19(10-11-23-25-27-28-26-23)22-13-18(24)8-9-20(21)22/h4-9,12-14H,10-11H2,1-3H3,(H,25,26,27,28). The van der Waals surface area contributed by atoms with Crippen LogP contribution >= 0.6 is 0 Å². The van der Waals surface area contributed by atoms with Crippen LogP contribution in [-0.2, 0) is 6.42 Å². The van der Waals surface area contributed by atoms with Crippen LogP contribution in [0.4, 0.5) is 4.39 Å². The molecule has 0 unspecified atom stereocenters. The Morgan fingerprint density at radius 2 is 1.82 bits per heavy atom.